The van der Waals surface area contributed by atoms with Gasteiger partial charge < -0.3 is 10.2 Å². The average Bonchev–Trinajstić information content (AvgIpc) is 2.16. The maximum atomic E-state index is 10.5. The second-order valence-corrected chi connectivity index (χ2v) is 2.64. The molecule has 0 aliphatic carbocycles. The van der Waals surface area contributed by atoms with Crippen molar-refractivity contribution in [2.45, 2.75) is 0 Å². The van der Waals surface area contributed by atoms with E-state index in [0.717, 1.165) is 18.2 Å². The molecule has 2 N–H and O–H groups in total. The van der Waals surface area contributed by atoms with Crippen LogP contribution in [0.15, 0.2) is 18.2 Å². The first-order chi connectivity index (χ1) is 6.91. The molecule has 8 heteroatoms. The van der Waals surface area contributed by atoms with Crippen LogP contribution in [0.2, 0.25) is 0 Å². The van der Waals surface area contributed by atoms with Gasteiger partial charge in [0.1, 0.15) is 0 Å². The summed E-state index contributed by atoms with van der Waals surface area (Å²) in [6.45, 7) is 0. The van der Waals surface area contributed by atoms with Crippen molar-refractivity contribution in [3.05, 3.63) is 39.4 Å². The first kappa shape index (κ1) is 14.5. The normalized spacial score (nSPS) is 9.00. The maximum Gasteiger partial charge on any atom is 0.335 e. The van der Waals surface area contributed by atoms with Crippen molar-refractivity contribution >= 4 is 44.9 Å². The van der Waals surface area contributed by atoms with Crippen molar-refractivity contribution in [1.29, 1.82) is 0 Å². The minimum Gasteiger partial charge on any atom is -0.478 e. The van der Waals surface area contributed by atoms with E-state index in [2.05, 4.69) is 0 Å². The van der Waals surface area contributed by atoms with Gasteiger partial charge in [0.05, 0.1) is 16.1 Å². The van der Waals surface area contributed by atoms with Crippen LogP contribution in [0.25, 0.3) is 0 Å². The zero-order valence-electron chi connectivity index (χ0n) is 7.71. The van der Waals surface area contributed by atoms with Crippen molar-refractivity contribution in [2.24, 2.45) is 0 Å². The quantitative estimate of drug-likeness (QED) is 0.422. The van der Waals surface area contributed by atoms with Gasteiger partial charge in [0.2, 0.25) is 0 Å². The van der Waals surface area contributed by atoms with Crippen LogP contribution >= 0.6 is 0 Å². The summed E-state index contributed by atoms with van der Waals surface area (Å²) in [5.41, 5.74) is -1.42. The molecule has 1 aromatic carbocycles. The number of carboxylic acid groups (broad SMARTS) is 2. The number of nitrogens with zero attached hydrogens (tertiary/aromatic N) is 1. The molecule has 82 valence electrons. The first-order valence-corrected chi connectivity index (χ1v) is 3.68. The molecule has 0 bridgehead atoms. The fraction of sp³-hybridized carbons (Fsp3) is 0. The Morgan fingerprint density at radius 3 is 1.69 bits per heavy atom. The molecular formula is C8H5NO6Pb. The van der Waals surface area contributed by atoms with E-state index in [9.17, 15) is 19.7 Å². The van der Waals surface area contributed by atoms with Crippen molar-refractivity contribution in [1.82, 2.24) is 0 Å². The van der Waals surface area contributed by atoms with Crippen molar-refractivity contribution < 1.29 is 24.7 Å². The number of hydrogen-bond donors (Lipinski definition) is 2. The number of rotatable bonds is 3. The number of aromatic carboxylic acids is 2. The van der Waals surface area contributed by atoms with Crippen molar-refractivity contribution in [2.75, 3.05) is 0 Å². The fourth-order valence-electron chi connectivity index (χ4n) is 0.964. The Morgan fingerprint density at radius 2 is 1.44 bits per heavy atom. The number of non-ortho nitro benzene ring substituents is 1. The third-order valence-electron chi connectivity index (χ3n) is 1.62. The molecule has 0 aliphatic rings. The van der Waals surface area contributed by atoms with Crippen LogP contribution in [-0.4, -0.2) is 54.4 Å². The van der Waals surface area contributed by atoms with Crippen LogP contribution in [0.3, 0.4) is 0 Å². The SMILES string of the molecule is O=C(O)c1cc(C(=O)O)cc([N+](=O)[O-])c1.[Pb]. The molecule has 0 saturated carbocycles. The topological polar surface area (TPSA) is 118 Å². The number of benzene rings is 1. The van der Waals surface area contributed by atoms with E-state index in [1.807, 2.05) is 0 Å². The molecule has 0 aromatic heterocycles. The van der Waals surface area contributed by atoms with Gasteiger partial charge in [0.25, 0.3) is 5.69 Å². The van der Waals surface area contributed by atoms with Crippen LogP contribution in [0, 0.1) is 10.1 Å². The summed E-state index contributed by atoms with van der Waals surface area (Å²) in [4.78, 5) is 30.6. The summed E-state index contributed by atoms with van der Waals surface area (Å²) in [5, 5.41) is 27.5. The predicted octanol–water partition coefficient (Wildman–Crippen LogP) is 0.610. The number of carbonyl (C=O) groups is 2. The third kappa shape index (κ3) is 3.26. The van der Waals surface area contributed by atoms with Crippen molar-refractivity contribution in [3.8, 4) is 0 Å². The number of nitro groups is 1. The zero-order valence-corrected chi connectivity index (χ0v) is 11.6. The molecule has 1 aromatic rings. The predicted molar refractivity (Wildman–Crippen MR) is 52.8 cm³/mol. The monoisotopic (exact) mass is 419 g/mol. The van der Waals surface area contributed by atoms with Gasteiger partial charge in [-0.3, -0.25) is 10.1 Å². The average molecular weight is 418 g/mol. The van der Waals surface area contributed by atoms with E-state index >= 15 is 0 Å². The Hall–Kier alpha value is -1.52. The molecule has 0 unspecified atom stereocenters. The third-order valence-corrected chi connectivity index (χ3v) is 1.62. The van der Waals surface area contributed by atoms with E-state index in [1.165, 1.54) is 0 Å². The first-order valence-electron chi connectivity index (χ1n) is 3.68. The van der Waals surface area contributed by atoms with Crippen LogP contribution in [0.4, 0.5) is 5.69 Å². The van der Waals surface area contributed by atoms with Gasteiger partial charge in [-0.15, -0.1) is 0 Å². The molecular weight excluding hydrogens is 413 g/mol. The van der Waals surface area contributed by atoms with Crippen LogP contribution in [0.1, 0.15) is 20.7 Å². The van der Waals surface area contributed by atoms with Gasteiger partial charge in [0.15, 0.2) is 0 Å². The van der Waals surface area contributed by atoms with Crippen molar-refractivity contribution in [3.63, 3.8) is 0 Å². The van der Waals surface area contributed by atoms with Gasteiger partial charge >= 0.3 is 11.9 Å². The molecule has 0 heterocycles. The molecule has 4 radical (unpaired) electrons. The van der Waals surface area contributed by atoms with Crippen LogP contribution in [0.5, 0.6) is 0 Å². The molecule has 0 amide bonds. The van der Waals surface area contributed by atoms with Gasteiger partial charge in [-0.2, -0.15) is 0 Å². The molecule has 0 fully saturated rings. The molecule has 1 rings (SSSR count). The maximum absolute atomic E-state index is 10.5. The fourth-order valence-corrected chi connectivity index (χ4v) is 0.964. The molecule has 0 saturated heterocycles. The Kier molecular flexibility index (Phi) is 5.01. The van der Waals surface area contributed by atoms with Gasteiger partial charge in [0, 0.05) is 39.4 Å². The zero-order chi connectivity index (χ0) is 11.6. The summed E-state index contributed by atoms with van der Waals surface area (Å²) in [7, 11) is 0. The minimum absolute atomic E-state index is 0. The van der Waals surface area contributed by atoms with E-state index < -0.39 is 33.7 Å². The van der Waals surface area contributed by atoms with E-state index in [-0.39, 0.29) is 27.3 Å². The van der Waals surface area contributed by atoms with Gasteiger partial charge in [-0.05, 0) is 6.07 Å². The second kappa shape index (κ2) is 5.53. The summed E-state index contributed by atoms with van der Waals surface area (Å²) in [6, 6.07) is 2.46. The smallest absolute Gasteiger partial charge is 0.335 e. The van der Waals surface area contributed by atoms with E-state index in [0.29, 0.717) is 0 Å². The number of nitro benzene ring substituents is 1. The Bertz CT molecular complexity index is 379. The molecule has 7 nitrogen and oxygen atoms in total. The standard InChI is InChI=1S/C8H5NO6.Pb/c10-7(11)4-1-5(8(12)13)3-6(2-4)9(14)15;/h1-3H,(H,10,11)(H,12,13);. The summed E-state index contributed by atoms with van der Waals surface area (Å²) < 4.78 is 0. The largest absolute Gasteiger partial charge is 0.478 e. The number of hydrogen-bond acceptors (Lipinski definition) is 4. The van der Waals surface area contributed by atoms with Gasteiger partial charge in [-0.25, -0.2) is 9.59 Å². The second-order valence-electron chi connectivity index (χ2n) is 2.64. The Morgan fingerprint density at radius 1 is 1.06 bits per heavy atom. The van der Waals surface area contributed by atoms with Crippen LogP contribution in [-0.2, 0) is 0 Å². The minimum atomic E-state index is -1.42. The summed E-state index contributed by atoms with van der Waals surface area (Å²) >= 11 is 0. The van der Waals surface area contributed by atoms with E-state index in [4.69, 9.17) is 10.2 Å². The van der Waals surface area contributed by atoms with E-state index in [1.54, 1.807) is 0 Å². The Labute approximate surface area is 109 Å². The Balaban J connectivity index is 0.00000225. The molecule has 0 aliphatic heterocycles. The summed E-state index contributed by atoms with van der Waals surface area (Å²) in [5.74, 6) is -2.83. The van der Waals surface area contributed by atoms with Gasteiger partial charge in [-0.1, -0.05) is 0 Å². The summed E-state index contributed by atoms with van der Waals surface area (Å²) in [6.07, 6.45) is 0. The van der Waals surface area contributed by atoms with Crippen LogP contribution < -0.4 is 0 Å². The molecule has 0 spiro atoms. The molecule has 16 heavy (non-hydrogen) atoms. The number of carboxylic acids is 2. The molecule has 0 atom stereocenters.